The molecule has 1 aliphatic rings. The van der Waals surface area contributed by atoms with Gasteiger partial charge in [0.05, 0.1) is 0 Å². The van der Waals surface area contributed by atoms with Crippen LogP contribution >= 0.6 is 0 Å². The Labute approximate surface area is 82.9 Å². The van der Waals surface area contributed by atoms with Crippen molar-refractivity contribution in [2.75, 3.05) is 0 Å². The molecule has 1 aliphatic carbocycles. The zero-order valence-corrected chi connectivity index (χ0v) is 7.95. The van der Waals surface area contributed by atoms with Crippen molar-refractivity contribution in [3.8, 4) is 0 Å². The quantitative estimate of drug-likeness (QED) is 0.667. The van der Waals surface area contributed by atoms with Crippen LogP contribution in [0.4, 0.5) is 0 Å². The third kappa shape index (κ3) is 1.48. The summed E-state index contributed by atoms with van der Waals surface area (Å²) >= 11 is 0. The van der Waals surface area contributed by atoms with Crippen LogP contribution in [-0.2, 0) is 12.8 Å². The van der Waals surface area contributed by atoms with Gasteiger partial charge in [-0.2, -0.15) is 0 Å². The van der Waals surface area contributed by atoms with Gasteiger partial charge in [0.1, 0.15) is 12.6 Å². The monoisotopic (exact) mass is 188 g/mol. The van der Waals surface area contributed by atoms with Crippen molar-refractivity contribution >= 4 is 12.6 Å². The van der Waals surface area contributed by atoms with Crippen LogP contribution < -0.4 is 0 Å². The van der Waals surface area contributed by atoms with Gasteiger partial charge in [0.15, 0.2) is 0 Å². The summed E-state index contributed by atoms with van der Waals surface area (Å²) in [4.78, 5) is 21.5. The lowest BCUT2D eigenvalue weighted by atomic mass is 9.87. The maximum Gasteiger partial charge on any atom is 0.150 e. The highest BCUT2D eigenvalue weighted by molar-refractivity contribution is 5.84. The molecule has 0 bridgehead atoms. The summed E-state index contributed by atoms with van der Waals surface area (Å²) in [5.41, 5.74) is 3.65. The fourth-order valence-corrected chi connectivity index (χ4v) is 2.10. The van der Waals surface area contributed by atoms with Gasteiger partial charge in [-0.05, 0) is 48.9 Å². The minimum atomic E-state index is 0.618. The Bertz CT molecular complexity index is 380. The number of aryl methyl sites for hydroxylation is 1. The van der Waals surface area contributed by atoms with E-state index in [0.717, 1.165) is 43.8 Å². The van der Waals surface area contributed by atoms with Crippen molar-refractivity contribution in [3.63, 3.8) is 0 Å². The van der Waals surface area contributed by atoms with Crippen molar-refractivity contribution in [1.82, 2.24) is 0 Å². The predicted octanol–water partition coefficient (Wildman–Crippen LogP) is 2.19. The topological polar surface area (TPSA) is 34.1 Å². The number of benzene rings is 1. The Hall–Kier alpha value is -1.44. The summed E-state index contributed by atoms with van der Waals surface area (Å²) < 4.78 is 0. The first-order valence-corrected chi connectivity index (χ1v) is 4.91. The molecule has 0 spiro atoms. The second-order valence-corrected chi connectivity index (χ2v) is 3.69. The van der Waals surface area contributed by atoms with Crippen LogP contribution in [0.3, 0.4) is 0 Å². The summed E-state index contributed by atoms with van der Waals surface area (Å²) in [7, 11) is 0. The number of carbonyl (C=O) groups excluding carboxylic acids is 2. The van der Waals surface area contributed by atoms with Gasteiger partial charge in [-0.3, -0.25) is 9.59 Å². The van der Waals surface area contributed by atoms with Gasteiger partial charge in [-0.15, -0.1) is 0 Å². The highest BCUT2D eigenvalue weighted by Gasteiger charge is 2.13. The average molecular weight is 188 g/mol. The molecule has 0 aromatic heterocycles. The van der Waals surface area contributed by atoms with E-state index >= 15 is 0 Å². The highest BCUT2D eigenvalue weighted by atomic mass is 16.1. The number of carbonyl (C=O) groups is 2. The van der Waals surface area contributed by atoms with Crippen LogP contribution in [0.15, 0.2) is 12.1 Å². The molecule has 0 heterocycles. The van der Waals surface area contributed by atoms with Gasteiger partial charge in [-0.1, -0.05) is 0 Å². The van der Waals surface area contributed by atoms with Crippen LogP contribution in [0.2, 0.25) is 0 Å². The summed E-state index contributed by atoms with van der Waals surface area (Å²) in [5, 5.41) is 0. The molecule has 0 saturated heterocycles. The molecule has 72 valence electrons. The predicted molar refractivity (Wildman–Crippen MR) is 53.9 cm³/mol. The van der Waals surface area contributed by atoms with Gasteiger partial charge in [0, 0.05) is 11.1 Å². The fourth-order valence-electron chi connectivity index (χ4n) is 2.10. The number of fused-ring (bicyclic) bond motifs is 1. The molecular formula is C12H12O2. The highest BCUT2D eigenvalue weighted by Crippen LogP contribution is 2.24. The summed E-state index contributed by atoms with van der Waals surface area (Å²) in [5.74, 6) is 0. The standard InChI is InChI=1S/C12H12O2/c13-7-9-5-10-3-1-2-4-12(10)11(6-9)8-14/h5-8H,1-4H2. The average Bonchev–Trinajstić information content (AvgIpc) is 2.27. The minimum absolute atomic E-state index is 0.618. The van der Waals surface area contributed by atoms with E-state index < -0.39 is 0 Å². The van der Waals surface area contributed by atoms with E-state index in [1.54, 1.807) is 6.07 Å². The van der Waals surface area contributed by atoms with E-state index in [4.69, 9.17) is 0 Å². The van der Waals surface area contributed by atoms with Crippen LogP contribution in [0.25, 0.3) is 0 Å². The summed E-state index contributed by atoms with van der Waals surface area (Å²) in [6.07, 6.45) is 5.95. The first-order chi connectivity index (χ1) is 6.85. The summed E-state index contributed by atoms with van der Waals surface area (Å²) in [6.45, 7) is 0. The van der Waals surface area contributed by atoms with Crippen molar-refractivity contribution in [2.45, 2.75) is 25.7 Å². The molecule has 0 fully saturated rings. The molecule has 2 nitrogen and oxygen atoms in total. The Morgan fingerprint density at radius 2 is 1.79 bits per heavy atom. The Balaban J connectivity index is 2.57. The maximum atomic E-state index is 10.8. The van der Waals surface area contributed by atoms with E-state index in [9.17, 15) is 9.59 Å². The molecular weight excluding hydrogens is 176 g/mol. The Morgan fingerprint density at radius 3 is 2.50 bits per heavy atom. The zero-order chi connectivity index (χ0) is 9.97. The fraction of sp³-hybridized carbons (Fsp3) is 0.333. The minimum Gasteiger partial charge on any atom is -0.298 e. The van der Waals surface area contributed by atoms with Gasteiger partial charge in [0.25, 0.3) is 0 Å². The molecule has 0 unspecified atom stereocenters. The molecule has 2 heteroatoms. The van der Waals surface area contributed by atoms with E-state index in [1.165, 1.54) is 5.56 Å². The van der Waals surface area contributed by atoms with Crippen molar-refractivity contribution in [2.24, 2.45) is 0 Å². The van der Waals surface area contributed by atoms with Crippen LogP contribution in [0.5, 0.6) is 0 Å². The number of rotatable bonds is 2. The molecule has 0 radical (unpaired) electrons. The van der Waals surface area contributed by atoms with Crippen LogP contribution in [0.1, 0.15) is 44.7 Å². The first-order valence-electron chi connectivity index (χ1n) is 4.91. The second-order valence-electron chi connectivity index (χ2n) is 3.69. The van der Waals surface area contributed by atoms with E-state index in [2.05, 4.69) is 0 Å². The van der Waals surface area contributed by atoms with Crippen molar-refractivity contribution in [3.05, 3.63) is 34.4 Å². The molecule has 1 aromatic carbocycles. The Kier molecular flexibility index (Phi) is 2.44. The third-order valence-corrected chi connectivity index (χ3v) is 2.79. The molecule has 0 aliphatic heterocycles. The lowest BCUT2D eigenvalue weighted by Gasteiger charge is -2.17. The van der Waals surface area contributed by atoms with E-state index in [1.807, 2.05) is 6.07 Å². The zero-order valence-electron chi connectivity index (χ0n) is 7.95. The normalized spacial score (nSPS) is 14.6. The summed E-state index contributed by atoms with van der Waals surface area (Å²) in [6, 6.07) is 3.60. The lowest BCUT2D eigenvalue weighted by molar-refractivity contribution is 0.112. The van der Waals surface area contributed by atoms with Gasteiger partial charge in [0.2, 0.25) is 0 Å². The second kappa shape index (κ2) is 3.74. The smallest absolute Gasteiger partial charge is 0.150 e. The number of hydrogen-bond acceptors (Lipinski definition) is 2. The van der Waals surface area contributed by atoms with E-state index in [-0.39, 0.29) is 0 Å². The van der Waals surface area contributed by atoms with Crippen LogP contribution in [0, 0.1) is 0 Å². The largest absolute Gasteiger partial charge is 0.298 e. The molecule has 1 aromatic rings. The molecule has 2 rings (SSSR count). The molecule has 0 N–H and O–H groups in total. The molecule has 0 amide bonds. The maximum absolute atomic E-state index is 10.8. The Morgan fingerprint density at radius 1 is 1.00 bits per heavy atom. The molecule has 0 saturated carbocycles. The first kappa shape index (κ1) is 9.13. The van der Waals surface area contributed by atoms with Gasteiger partial charge >= 0.3 is 0 Å². The van der Waals surface area contributed by atoms with Crippen molar-refractivity contribution in [1.29, 1.82) is 0 Å². The SMILES string of the molecule is O=Cc1cc(C=O)c2c(c1)CCCC2. The number of aldehydes is 2. The number of hydrogen-bond donors (Lipinski definition) is 0. The van der Waals surface area contributed by atoms with Gasteiger partial charge < -0.3 is 0 Å². The van der Waals surface area contributed by atoms with Crippen LogP contribution in [-0.4, -0.2) is 12.6 Å². The van der Waals surface area contributed by atoms with Crippen molar-refractivity contribution < 1.29 is 9.59 Å². The van der Waals surface area contributed by atoms with E-state index in [0.29, 0.717) is 11.1 Å². The third-order valence-electron chi connectivity index (χ3n) is 2.79. The lowest BCUT2D eigenvalue weighted by Crippen LogP contribution is -2.07. The molecule has 0 atom stereocenters. The van der Waals surface area contributed by atoms with Gasteiger partial charge in [-0.25, -0.2) is 0 Å². The molecule has 14 heavy (non-hydrogen) atoms.